The molecule has 11 heavy (non-hydrogen) atoms. The summed E-state index contributed by atoms with van der Waals surface area (Å²) < 4.78 is 0. The normalized spacial score (nSPS) is 12.0. The third-order valence-corrected chi connectivity index (χ3v) is 2.83. The number of hydrogen-bond acceptors (Lipinski definition) is 2. The van der Waals surface area contributed by atoms with Gasteiger partial charge in [-0.2, -0.15) is 11.8 Å². The zero-order valence-electron chi connectivity index (χ0n) is 7.61. The molecule has 0 saturated heterocycles. The van der Waals surface area contributed by atoms with Crippen molar-refractivity contribution in [3.05, 3.63) is 0 Å². The number of rotatable bonds is 6. The molecule has 0 aromatic heterocycles. The lowest BCUT2D eigenvalue weighted by Crippen LogP contribution is -2.41. The number of alkyl halides is 1. The van der Waals surface area contributed by atoms with E-state index in [1.54, 1.807) is 0 Å². The van der Waals surface area contributed by atoms with E-state index >= 15 is 0 Å². The van der Waals surface area contributed by atoms with Crippen LogP contribution >= 0.6 is 23.4 Å². The van der Waals surface area contributed by atoms with Crippen LogP contribution in [-0.4, -0.2) is 30.0 Å². The Bertz CT molecular complexity index is 96.1. The number of nitrogens with one attached hydrogen (secondary N) is 1. The van der Waals surface area contributed by atoms with Gasteiger partial charge in [0.25, 0.3) is 0 Å². The Morgan fingerprint density at radius 3 is 2.55 bits per heavy atom. The maximum Gasteiger partial charge on any atom is 0.0400 e. The summed E-state index contributed by atoms with van der Waals surface area (Å²) in [5.41, 5.74) is 0.0972. The summed E-state index contributed by atoms with van der Waals surface area (Å²) >= 11 is 7.63. The maximum atomic E-state index is 5.74. The Morgan fingerprint density at radius 2 is 2.09 bits per heavy atom. The van der Waals surface area contributed by atoms with Crippen LogP contribution in [0.3, 0.4) is 0 Å². The molecule has 1 N–H and O–H groups in total. The molecule has 0 aromatic rings. The lowest BCUT2D eigenvalue weighted by atomic mass is 10.1. The van der Waals surface area contributed by atoms with E-state index in [4.69, 9.17) is 11.6 Å². The van der Waals surface area contributed by atoms with Crippen LogP contribution in [0.2, 0.25) is 0 Å². The van der Waals surface area contributed by atoms with Gasteiger partial charge in [0.2, 0.25) is 0 Å². The monoisotopic (exact) mass is 195 g/mol. The minimum absolute atomic E-state index is 0.0972. The second-order valence-corrected chi connectivity index (χ2v) is 4.54. The van der Waals surface area contributed by atoms with Crippen molar-refractivity contribution in [1.29, 1.82) is 0 Å². The van der Waals surface area contributed by atoms with Gasteiger partial charge >= 0.3 is 0 Å². The SMILES string of the molecule is CSCCCNC(C)(C)CCl. The fourth-order valence-corrected chi connectivity index (χ4v) is 1.22. The molecule has 68 valence electrons. The van der Waals surface area contributed by atoms with Crippen molar-refractivity contribution in [2.45, 2.75) is 25.8 Å². The first-order valence-electron chi connectivity index (χ1n) is 3.92. The van der Waals surface area contributed by atoms with Crippen molar-refractivity contribution in [3.63, 3.8) is 0 Å². The minimum atomic E-state index is 0.0972. The molecule has 0 radical (unpaired) electrons. The van der Waals surface area contributed by atoms with Crippen molar-refractivity contribution in [2.24, 2.45) is 0 Å². The van der Waals surface area contributed by atoms with Crippen molar-refractivity contribution in [3.8, 4) is 0 Å². The van der Waals surface area contributed by atoms with Crippen molar-refractivity contribution >= 4 is 23.4 Å². The highest BCUT2D eigenvalue weighted by Gasteiger charge is 2.13. The molecule has 0 bridgehead atoms. The third-order valence-electron chi connectivity index (χ3n) is 1.46. The quantitative estimate of drug-likeness (QED) is 0.516. The molecular weight excluding hydrogens is 178 g/mol. The largest absolute Gasteiger partial charge is 0.311 e. The van der Waals surface area contributed by atoms with Crippen LogP contribution in [0.25, 0.3) is 0 Å². The Balaban J connectivity index is 3.23. The van der Waals surface area contributed by atoms with Gasteiger partial charge in [-0.3, -0.25) is 0 Å². The summed E-state index contributed by atoms with van der Waals surface area (Å²) in [4.78, 5) is 0. The van der Waals surface area contributed by atoms with E-state index in [9.17, 15) is 0 Å². The van der Waals surface area contributed by atoms with Gasteiger partial charge in [0.05, 0.1) is 0 Å². The molecule has 0 atom stereocenters. The lowest BCUT2D eigenvalue weighted by Gasteiger charge is -2.23. The zero-order valence-corrected chi connectivity index (χ0v) is 9.19. The van der Waals surface area contributed by atoms with Crippen LogP contribution in [0.4, 0.5) is 0 Å². The van der Waals surface area contributed by atoms with Gasteiger partial charge in [0.1, 0.15) is 0 Å². The maximum absolute atomic E-state index is 5.74. The molecule has 0 saturated carbocycles. The summed E-state index contributed by atoms with van der Waals surface area (Å²) in [7, 11) is 0. The first kappa shape index (κ1) is 11.6. The molecule has 0 aliphatic heterocycles. The van der Waals surface area contributed by atoms with Gasteiger partial charge in [-0.1, -0.05) is 0 Å². The Kier molecular flexibility index (Phi) is 6.49. The van der Waals surface area contributed by atoms with Crippen LogP contribution in [0.5, 0.6) is 0 Å². The fourth-order valence-electron chi connectivity index (χ4n) is 0.691. The van der Waals surface area contributed by atoms with E-state index in [1.165, 1.54) is 12.2 Å². The van der Waals surface area contributed by atoms with E-state index in [-0.39, 0.29) is 5.54 Å². The minimum Gasteiger partial charge on any atom is -0.311 e. The van der Waals surface area contributed by atoms with E-state index < -0.39 is 0 Å². The van der Waals surface area contributed by atoms with Gasteiger partial charge in [0.15, 0.2) is 0 Å². The average Bonchev–Trinajstić information content (AvgIpc) is 1.99. The summed E-state index contributed by atoms with van der Waals surface area (Å²) in [5, 5.41) is 3.40. The molecule has 3 heteroatoms. The van der Waals surface area contributed by atoms with Gasteiger partial charge in [-0.25, -0.2) is 0 Å². The standard InChI is InChI=1S/C8H18ClNS/c1-8(2,7-9)10-5-4-6-11-3/h10H,4-7H2,1-3H3. The molecule has 0 aromatic carbocycles. The molecule has 0 spiro atoms. The van der Waals surface area contributed by atoms with Gasteiger partial charge in [-0.05, 0) is 38.8 Å². The highest BCUT2D eigenvalue weighted by Crippen LogP contribution is 2.04. The Hall–Kier alpha value is 0.600. The van der Waals surface area contributed by atoms with Crippen molar-refractivity contribution < 1.29 is 0 Å². The average molecular weight is 196 g/mol. The molecule has 0 unspecified atom stereocenters. The van der Waals surface area contributed by atoms with E-state index in [0.717, 1.165) is 6.54 Å². The molecule has 0 heterocycles. The molecular formula is C8H18ClNS. The second kappa shape index (κ2) is 6.15. The first-order valence-corrected chi connectivity index (χ1v) is 5.85. The van der Waals surface area contributed by atoms with E-state index in [1.807, 2.05) is 11.8 Å². The molecule has 1 nitrogen and oxygen atoms in total. The van der Waals surface area contributed by atoms with Crippen LogP contribution in [0.1, 0.15) is 20.3 Å². The highest BCUT2D eigenvalue weighted by molar-refractivity contribution is 7.98. The summed E-state index contributed by atoms with van der Waals surface area (Å²) in [6.45, 7) is 5.32. The molecule has 0 aliphatic carbocycles. The second-order valence-electron chi connectivity index (χ2n) is 3.29. The number of thioether (sulfide) groups is 1. The molecule has 0 fully saturated rings. The van der Waals surface area contributed by atoms with Crippen LogP contribution < -0.4 is 5.32 Å². The predicted molar refractivity (Wildman–Crippen MR) is 55.8 cm³/mol. The van der Waals surface area contributed by atoms with Crippen LogP contribution in [0, 0.1) is 0 Å². The fraction of sp³-hybridized carbons (Fsp3) is 1.00. The van der Waals surface area contributed by atoms with Gasteiger partial charge in [0, 0.05) is 11.4 Å². The summed E-state index contributed by atoms with van der Waals surface area (Å²) in [6, 6.07) is 0. The van der Waals surface area contributed by atoms with Crippen molar-refractivity contribution in [2.75, 3.05) is 24.4 Å². The van der Waals surface area contributed by atoms with E-state index in [0.29, 0.717) is 5.88 Å². The highest BCUT2D eigenvalue weighted by atomic mass is 35.5. The molecule has 0 rings (SSSR count). The van der Waals surface area contributed by atoms with Gasteiger partial charge in [-0.15, -0.1) is 11.6 Å². The first-order chi connectivity index (χ1) is 5.12. The third kappa shape index (κ3) is 6.98. The Morgan fingerprint density at radius 1 is 1.45 bits per heavy atom. The van der Waals surface area contributed by atoms with Gasteiger partial charge < -0.3 is 5.32 Å². The summed E-state index contributed by atoms with van der Waals surface area (Å²) in [5.74, 6) is 1.90. The predicted octanol–water partition coefficient (Wildman–Crippen LogP) is 2.35. The topological polar surface area (TPSA) is 12.0 Å². The summed E-state index contributed by atoms with van der Waals surface area (Å²) in [6.07, 6.45) is 3.36. The smallest absolute Gasteiger partial charge is 0.0400 e. The zero-order chi connectivity index (χ0) is 8.74. The lowest BCUT2D eigenvalue weighted by molar-refractivity contribution is 0.433. The Labute approximate surface area is 79.3 Å². The van der Waals surface area contributed by atoms with Crippen molar-refractivity contribution in [1.82, 2.24) is 5.32 Å². The van der Waals surface area contributed by atoms with Crippen LogP contribution in [-0.2, 0) is 0 Å². The molecule has 0 amide bonds. The molecule has 0 aliphatic rings. The number of hydrogen-bond donors (Lipinski definition) is 1. The van der Waals surface area contributed by atoms with Crippen LogP contribution in [0.15, 0.2) is 0 Å². The number of halogens is 1. The van der Waals surface area contributed by atoms with E-state index in [2.05, 4.69) is 25.4 Å².